The SMILES string of the molecule is CNC(=O)c1ccc(CNC(C)c2ccc(O)cc2)cc1. The second kappa shape index (κ2) is 6.90. The summed E-state index contributed by atoms with van der Waals surface area (Å²) in [4.78, 5) is 11.5. The van der Waals surface area contributed by atoms with Gasteiger partial charge in [-0.25, -0.2) is 0 Å². The molecule has 2 aromatic carbocycles. The first-order valence-corrected chi connectivity index (χ1v) is 6.93. The standard InChI is InChI=1S/C17H20N2O2/c1-12(14-7-9-16(20)10-8-14)19-11-13-3-5-15(6-4-13)17(21)18-2/h3-10,12,19-20H,11H2,1-2H3,(H,18,21). The molecule has 4 heteroatoms. The number of nitrogens with one attached hydrogen (secondary N) is 2. The van der Waals surface area contributed by atoms with Gasteiger partial charge in [-0.1, -0.05) is 24.3 Å². The van der Waals surface area contributed by atoms with Crippen LogP contribution >= 0.6 is 0 Å². The maximum Gasteiger partial charge on any atom is 0.251 e. The molecule has 0 bridgehead atoms. The zero-order valence-electron chi connectivity index (χ0n) is 12.3. The van der Waals surface area contributed by atoms with Crippen LogP contribution in [0.25, 0.3) is 0 Å². The van der Waals surface area contributed by atoms with Gasteiger partial charge in [-0.2, -0.15) is 0 Å². The fourth-order valence-corrected chi connectivity index (χ4v) is 2.07. The number of amides is 1. The Bertz CT molecular complexity index is 591. The lowest BCUT2D eigenvalue weighted by molar-refractivity contribution is 0.0963. The van der Waals surface area contributed by atoms with Crippen LogP contribution in [0.5, 0.6) is 5.75 Å². The molecule has 0 saturated carbocycles. The van der Waals surface area contributed by atoms with Crippen LogP contribution in [0, 0.1) is 0 Å². The molecule has 2 aromatic rings. The monoisotopic (exact) mass is 284 g/mol. The molecule has 1 amide bonds. The normalized spacial score (nSPS) is 11.9. The van der Waals surface area contributed by atoms with Gasteiger partial charge in [0.25, 0.3) is 5.91 Å². The zero-order valence-corrected chi connectivity index (χ0v) is 12.3. The highest BCUT2D eigenvalue weighted by Crippen LogP contribution is 2.17. The third-order valence-corrected chi connectivity index (χ3v) is 3.45. The molecular weight excluding hydrogens is 264 g/mol. The van der Waals surface area contributed by atoms with E-state index in [0.717, 1.165) is 17.7 Å². The van der Waals surface area contributed by atoms with E-state index in [0.29, 0.717) is 5.56 Å². The van der Waals surface area contributed by atoms with Gasteiger partial charge in [-0.15, -0.1) is 0 Å². The summed E-state index contributed by atoms with van der Waals surface area (Å²) in [7, 11) is 1.62. The summed E-state index contributed by atoms with van der Waals surface area (Å²) >= 11 is 0. The molecule has 2 rings (SSSR count). The van der Waals surface area contributed by atoms with E-state index in [2.05, 4.69) is 17.6 Å². The van der Waals surface area contributed by atoms with Crippen LogP contribution in [0.15, 0.2) is 48.5 Å². The number of rotatable bonds is 5. The quantitative estimate of drug-likeness (QED) is 0.791. The van der Waals surface area contributed by atoms with Crippen molar-refractivity contribution in [2.24, 2.45) is 0 Å². The number of phenols is 1. The van der Waals surface area contributed by atoms with Gasteiger partial charge < -0.3 is 15.7 Å². The topological polar surface area (TPSA) is 61.4 Å². The number of benzene rings is 2. The molecule has 1 unspecified atom stereocenters. The van der Waals surface area contributed by atoms with E-state index in [4.69, 9.17) is 0 Å². The molecule has 0 aliphatic heterocycles. The minimum absolute atomic E-state index is 0.0769. The van der Waals surface area contributed by atoms with Crippen LogP contribution in [0.1, 0.15) is 34.5 Å². The van der Waals surface area contributed by atoms with Crippen LogP contribution in [-0.2, 0) is 6.54 Å². The predicted octanol–water partition coefficient (Wildman–Crippen LogP) is 2.60. The minimum Gasteiger partial charge on any atom is -0.508 e. The maximum atomic E-state index is 11.5. The lowest BCUT2D eigenvalue weighted by Gasteiger charge is -2.14. The molecule has 3 N–H and O–H groups in total. The van der Waals surface area contributed by atoms with Gasteiger partial charge in [0.15, 0.2) is 0 Å². The first kappa shape index (κ1) is 15.1. The van der Waals surface area contributed by atoms with Crippen LogP contribution in [0.3, 0.4) is 0 Å². The van der Waals surface area contributed by atoms with E-state index in [-0.39, 0.29) is 17.7 Å². The van der Waals surface area contributed by atoms with E-state index in [9.17, 15) is 9.90 Å². The fourth-order valence-electron chi connectivity index (χ4n) is 2.07. The Balaban J connectivity index is 1.93. The molecule has 0 heterocycles. The number of hydrogen-bond donors (Lipinski definition) is 3. The molecule has 0 radical (unpaired) electrons. The summed E-state index contributed by atoms with van der Waals surface area (Å²) in [6.07, 6.45) is 0. The van der Waals surface area contributed by atoms with Crippen molar-refractivity contribution in [2.75, 3.05) is 7.05 Å². The summed E-state index contributed by atoms with van der Waals surface area (Å²) in [5.41, 5.74) is 2.90. The lowest BCUT2D eigenvalue weighted by Crippen LogP contribution is -2.19. The van der Waals surface area contributed by atoms with Crippen molar-refractivity contribution in [2.45, 2.75) is 19.5 Å². The Kier molecular flexibility index (Phi) is 4.95. The first-order valence-electron chi connectivity index (χ1n) is 6.93. The highest BCUT2D eigenvalue weighted by Gasteiger charge is 2.06. The summed E-state index contributed by atoms with van der Waals surface area (Å²) in [5, 5.41) is 15.3. The summed E-state index contributed by atoms with van der Waals surface area (Å²) in [6, 6.07) is 14.9. The highest BCUT2D eigenvalue weighted by atomic mass is 16.3. The van der Waals surface area contributed by atoms with Crippen LogP contribution in [-0.4, -0.2) is 18.1 Å². The Morgan fingerprint density at radius 3 is 2.29 bits per heavy atom. The van der Waals surface area contributed by atoms with Crippen molar-refractivity contribution in [1.29, 1.82) is 0 Å². The number of hydrogen-bond acceptors (Lipinski definition) is 3. The smallest absolute Gasteiger partial charge is 0.251 e. The molecule has 0 aromatic heterocycles. The molecule has 0 aliphatic carbocycles. The predicted molar refractivity (Wildman–Crippen MR) is 83.2 cm³/mol. The second-order valence-electron chi connectivity index (χ2n) is 4.97. The maximum absolute atomic E-state index is 11.5. The van der Waals surface area contributed by atoms with Crippen molar-refractivity contribution in [1.82, 2.24) is 10.6 Å². The minimum atomic E-state index is -0.0769. The molecule has 110 valence electrons. The van der Waals surface area contributed by atoms with Gasteiger partial charge in [0.05, 0.1) is 0 Å². The average molecular weight is 284 g/mol. The van der Waals surface area contributed by atoms with Crippen molar-refractivity contribution >= 4 is 5.91 Å². The van der Waals surface area contributed by atoms with Gasteiger partial charge >= 0.3 is 0 Å². The third-order valence-electron chi connectivity index (χ3n) is 3.45. The average Bonchev–Trinajstić information content (AvgIpc) is 2.53. The molecule has 4 nitrogen and oxygen atoms in total. The Labute approximate surface area is 124 Å². The molecule has 21 heavy (non-hydrogen) atoms. The lowest BCUT2D eigenvalue weighted by atomic mass is 10.1. The number of phenolic OH excluding ortho intramolecular Hbond substituents is 1. The van der Waals surface area contributed by atoms with E-state index in [1.807, 2.05) is 36.4 Å². The highest BCUT2D eigenvalue weighted by molar-refractivity contribution is 5.93. The Hall–Kier alpha value is -2.33. The van der Waals surface area contributed by atoms with Crippen LogP contribution in [0.2, 0.25) is 0 Å². The van der Waals surface area contributed by atoms with E-state index in [1.54, 1.807) is 19.2 Å². The largest absolute Gasteiger partial charge is 0.508 e. The van der Waals surface area contributed by atoms with Gasteiger partial charge in [0.2, 0.25) is 0 Å². The number of carbonyl (C=O) groups is 1. The third kappa shape index (κ3) is 4.07. The van der Waals surface area contributed by atoms with Crippen molar-refractivity contribution in [3.8, 4) is 5.75 Å². The Morgan fingerprint density at radius 2 is 1.71 bits per heavy atom. The molecular formula is C17H20N2O2. The van der Waals surface area contributed by atoms with E-state index < -0.39 is 0 Å². The zero-order chi connectivity index (χ0) is 15.2. The van der Waals surface area contributed by atoms with E-state index >= 15 is 0 Å². The first-order chi connectivity index (χ1) is 10.1. The van der Waals surface area contributed by atoms with Crippen LogP contribution < -0.4 is 10.6 Å². The summed E-state index contributed by atoms with van der Waals surface area (Å²) < 4.78 is 0. The molecule has 0 spiro atoms. The van der Waals surface area contributed by atoms with Crippen LogP contribution in [0.4, 0.5) is 0 Å². The van der Waals surface area contributed by atoms with Gasteiger partial charge in [-0.05, 0) is 42.3 Å². The molecule has 1 atom stereocenters. The fraction of sp³-hybridized carbons (Fsp3) is 0.235. The summed E-state index contributed by atoms with van der Waals surface area (Å²) in [5.74, 6) is 0.197. The van der Waals surface area contributed by atoms with E-state index in [1.165, 1.54) is 0 Å². The Morgan fingerprint density at radius 1 is 1.10 bits per heavy atom. The van der Waals surface area contributed by atoms with Crippen molar-refractivity contribution < 1.29 is 9.90 Å². The van der Waals surface area contributed by atoms with Gasteiger partial charge in [-0.3, -0.25) is 4.79 Å². The van der Waals surface area contributed by atoms with Crippen molar-refractivity contribution in [3.05, 3.63) is 65.2 Å². The molecule has 0 fully saturated rings. The van der Waals surface area contributed by atoms with Crippen molar-refractivity contribution in [3.63, 3.8) is 0 Å². The van der Waals surface area contributed by atoms with Gasteiger partial charge in [0, 0.05) is 25.2 Å². The molecule has 0 aliphatic rings. The molecule has 0 saturated heterocycles. The number of carbonyl (C=O) groups excluding carboxylic acids is 1. The van der Waals surface area contributed by atoms with Gasteiger partial charge in [0.1, 0.15) is 5.75 Å². The second-order valence-corrected chi connectivity index (χ2v) is 4.97. The summed E-state index contributed by atoms with van der Waals surface area (Å²) in [6.45, 7) is 2.79. The number of aromatic hydroxyl groups is 1.